The van der Waals surface area contributed by atoms with Gasteiger partial charge in [-0.3, -0.25) is 14.5 Å². The van der Waals surface area contributed by atoms with Gasteiger partial charge in [-0.05, 0) is 70.8 Å². The molecule has 2 aromatic rings. The average Bonchev–Trinajstić information content (AvgIpc) is 3.18. The molecule has 3 aliphatic rings. The summed E-state index contributed by atoms with van der Waals surface area (Å²) in [5.41, 5.74) is 3.53. The van der Waals surface area contributed by atoms with E-state index in [4.69, 9.17) is 4.74 Å². The van der Waals surface area contributed by atoms with Gasteiger partial charge in [-0.1, -0.05) is 18.2 Å². The zero-order valence-corrected chi connectivity index (χ0v) is 24.0. The molecular weight excluding hydrogens is 496 g/mol. The second-order valence-electron chi connectivity index (χ2n) is 11.1. The molecule has 38 heavy (non-hydrogen) atoms. The van der Waals surface area contributed by atoms with Crippen molar-refractivity contribution in [3.63, 3.8) is 0 Å². The maximum atomic E-state index is 13.6. The third kappa shape index (κ3) is 5.10. The van der Waals surface area contributed by atoms with Crippen LogP contribution in [0.15, 0.2) is 40.2 Å². The van der Waals surface area contributed by atoms with Crippen LogP contribution in [0, 0.1) is 18.8 Å². The Labute approximate surface area is 230 Å². The first kappa shape index (κ1) is 27.2. The molecule has 204 valence electrons. The van der Waals surface area contributed by atoms with Gasteiger partial charge >= 0.3 is 0 Å². The summed E-state index contributed by atoms with van der Waals surface area (Å²) >= 11 is 1.54. The number of rotatable bonds is 8. The molecule has 0 radical (unpaired) electrons. The molecule has 1 unspecified atom stereocenters. The van der Waals surface area contributed by atoms with E-state index in [1.165, 1.54) is 25.7 Å². The zero-order chi connectivity index (χ0) is 27.0. The fraction of sp³-hybridized carbons (Fsp3) is 0.567. The van der Waals surface area contributed by atoms with Crippen molar-refractivity contribution >= 4 is 40.2 Å². The van der Waals surface area contributed by atoms with Crippen molar-refractivity contribution < 1.29 is 14.3 Å². The van der Waals surface area contributed by atoms with Gasteiger partial charge in [0.2, 0.25) is 0 Å². The van der Waals surface area contributed by atoms with E-state index in [0.29, 0.717) is 35.4 Å². The van der Waals surface area contributed by atoms with Crippen molar-refractivity contribution in [3.8, 4) is 0 Å². The van der Waals surface area contributed by atoms with E-state index in [9.17, 15) is 9.59 Å². The molecule has 1 saturated carbocycles. The minimum Gasteiger partial charge on any atom is -0.379 e. The smallest absolute Gasteiger partial charge is 0.255 e. The van der Waals surface area contributed by atoms with Crippen LogP contribution in [0.5, 0.6) is 0 Å². The van der Waals surface area contributed by atoms with Gasteiger partial charge < -0.3 is 14.6 Å². The summed E-state index contributed by atoms with van der Waals surface area (Å²) in [4.78, 5) is 33.8. The predicted molar refractivity (Wildman–Crippen MR) is 155 cm³/mol. The molecule has 2 amide bonds. The standard InChI is InChI=1S/C30H40N4O3S/c1-18-14-27(38-5)25(29(35)32-18)15-31-30(36)28-20(3)34(26-9-7-6-8-24(26)28)19(2)21-10-12-22(13-11-21)33-16-23(17-33)37-4/h6-9,14,19,21-23,25H,10-13,15-17H2,1-5H3,(H,31,36)/t19-,21?,22?,25?/m1/s1. The number of fused-ring (bicyclic) bond motifs is 1. The van der Waals surface area contributed by atoms with Gasteiger partial charge in [-0.25, -0.2) is 4.99 Å². The zero-order valence-electron chi connectivity index (χ0n) is 23.2. The van der Waals surface area contributed by atoms with Crippen LogP contribution in [0.1, 0.15) is 61.6 Å². The molecule has 1 N–H and O–H groups in total. The monoisotopic (exact) mass is 536 g/mol. The van der Waals surface area contributed by atoms with Crippen molar-refractivity contribution in [1.82, 2.24) is 14.8 Å². The molecular formula is C30H40N4O3S. The first-order chi connectivity index (χ1) is 18.3. The molecule has 1 aromatic carbocycles. The number of hydrogen-bond donors (Lipinski definition) is 1. The van der Waals surface area contributed by atoms with E-state index in [1.54, 1.807) is 11.8 Å². The van der Waals surface area contributed by atoms with E-state index in [2.05, 4.69) is 45.8 Å². The number of amides is 2. The molecule has 8 heteroatoms. The number of dihydropyridines is 1. The molecule has 1 saturated heterocycles. The number of carbonyl (C=O) groups excluding carboxylic acids is 2. The summed E-state index contributed by atoms with van der Waals surface area (Å²) in [7, 11) is 1.81. The highest BCUT2D eigenvalue weighted by molar-refractivity contribution is 8.02. The highest BCUT2D eigenvalue weighted by Gasteiger charge is 2.36. The second kappa shape index (κ2) is 11.4. The molecule has 7 nitrogen and oxygen atoms in total. The number of para-hydroxylation sites is 1. The van der Waals surface area contributed by atoms with Crippen molar-refractivity contribution in [1.29, 1.82) is 0 Å². The van der Waals surface area contributed by atoms with Crippen LogP contribution in [0.2, 0.25) is 0 Å². The van der Waals surface area contributed by atoms with E-state index in [-0.39, 0.29) is 18.4 Å². The van der Waals surface area contributed by atoms with Crippen LogP contribution in [-0.2, 0) is 9.53 Å². The van der Waals surface area contributed by atoms with Gasteiger partial charge in [0.25, 0.3) is 11.8 Å². The first-order valence-electron chi connectivity index (χ1n) is 13.8. The lowest BCUT2D eigenvalue weighted by atomic mass is 9.80. The predicted octanol–water partition coefficient (Wildman–Crippen LogP) is 4.99. The topological polar surface area (TPSA) is 75.9 Å². The average molecular weight is 537 g/mol. The van der Waals surface area contributed by atoms with Crippen molar-refractivity contribution in [3.05, 3.63) is 46.5 Å². The summed E-state index contributed by atoms with van der Waals surface area (Å²) in [6.07, 6.45) is 9.14. The number of likely N-dealkylation sites (tertiary alicyclic amines) is 1. The summed E-state index contributed by atoms with van der Waals surface area (Å²) in [6, 6.07) is 9.19. The molecule has 2 fully saturated rings. The third-order valence-corrected chi connectivity index (χ3v) is 9.80. The number of thioether (sulfide) groups is 1. The summed E-state index contributed by atoms with van der Waals surface area (Å²) in [5, 5.41) is 4.04. The lowest BCUT2D eigenvalue weighted by Gasteiger charge is -2.46. The summed E-state index contributed by atoms with van der Waals surface area (Å²) < 4.78 is 7.85. The van der Waals surface area contributed by atoms with Crippen molar-refractivity contribution in [2.75, 3.05) is 33.0 Å². The van der Waals surface area contributed by atoms with Crippen LogP contribution in [0.3, 0.4) is 0 Å². The van der Waals surface area contributed by atoms with Gasteiger partial charge in [0.05, 0.1) is 17.6 Å². The van der Waals surface area contributed by atoms with Crippen LogP contribution >= 0.6 is 11.8 Å². The first-order valence-corrected chi connectivity index (χ1v) is 15.0. The van der Waals surface area contributed by atoms with Crippen LogP contribution in [-0.4, -0.2) is 72.1 Å². The number of aliphatic imine (C=N–C) groups is 1. The summed E-state index contributed by atoms with van der Waals surface area (Å²) in [6.45, 7) is 8.58. The number of aromatic nitrogens is 1. The minimum absolute atomic E-state index is 0.127. The Morgan fingerprint density at radius 2 is 1.89 bits per heavy atom. The Balaban J connectivity index is 1.32. The van der Waals surface area contributed by atoms with E-state index in [1.807, 2.05) is 38.5 Å². The van der Waals surface area contributed by atoms with Gasteiger partial charge in [0.1, 0.15) is 0 Å². The lowest BCUT2D eigenvalue weighted by molar-refractivity contribution is -0.120. The minimum atomic E-state index is -0.425. The number of benzene rings is 1. The number of allylic oxidation sites excluding steroid dienone is 1. The van der Waals surface area contributed by atoms with Crippen LogP contribution in [0.25, 0.3) is 10.9 Å². The van der Waals surface area contributed by atoms with Crippen LogP contribution in [0.4, 0.5) is 0 Å². The van der Waals surface area contributed by atoms with Gasteiger partial charge in [-0.2, -0.15) is 0 Å². The second-order valence-corrected chi connectivity index (χ2v) is 12.0. The maximum absolute atomic E-state index is 13.6. The lowest BCUT2D eigenvalue weighted by Crippen LogP contribution is -2.56. The number of ether oxygens (including phenoxy) is 1. The quantitative estimate of drug-likeness (QED) is 0.514. The highest BCUT2D eigenvalue weighted by Crippen LogP contribution is 2.39. The molecule has 0 spiro atoms. The molecule has 5 rings (SSSR count). The number of methoxy groups -OCH3 is 1. The molecule has 1 aliphatic carbocycles. The Hall–Kier alpha value is -2.42. The summed E-state index contributed by atoms with van der Waals surface area (Å²) in [5.74, 6) is -0.162. The van der Waals surface area contributed by atoms with Crippen molar-refractivity contribution in [2.24, 2.45) is 16.8 Å². The van der Waals surface area contributed by atoms with Gasteiger partial charge in [0, 0.05) is 66.0 Å². The fourth-order valence-electron chi connectivity index (χ4n) is 6.66. The molecule has 2 atom stereocenters. The maximum Gasteiger partial charge on any atom is 0.255 e. The SMILES string of the molecule is COC1CN(C2CCC([C@@H](C)n3c(C)c(C(=O)NCC4C(=O)N=C(C)C=C4SC)c4ccccc43)CC2)C1. The van der Waals surface area contributed by atoms with Gasteiger partial charge in [0.15, 0.2) is 0 Å². The largest absolute Gasteiger partial charge is 0.379 e. The Kier molecular flexibility index (Phi) is 8.12. The molecule has 3 heterocycles. The number of nitrogens with zero attached hydrogens (tertiary/aromatic N) is 3. The Morgan fingerprint density at radius 1 is 1.18 bits per heavy atom. The Morgan fingerprint density at radius 3 is 2.58 bits per heavy atom. The molecule has 0 bridgehead atoms. The van der Waals surface area contributed by atoms with Crippen molar-refractivity contribution in [2.45, 2.75) is 64.6 Å². The third-order valence-electron chi connectivity index (χ3n) is 8.92. The molecule has 1 aromatic heterocycles. The normalized spacial score (nSPS) is 25.6. The number of nitrogens with one attached hydrogen (secondary N) is 1. The van der Waals surface area contributed by atoms with E-state index >= 15 is 0 Å². The number of carbonyl (C=O) groups is 2. The van der Waals surface area contributed by atoms with E-state index < -0.39 is 5.92 Å². The van der Waals surface area contributed by atoms with E-state index in [0.717, 1.165) is 34.6 Å². The van der Waals surface area contributed by atoms with Crippen LogP contribution < -0.4 is 5.32 Å². The fourth-order valence-corrected chi connectivity index (χ4v) is 7.42. The van der Waals surface area contributed by atoms with Gasteiger partial charge in [-0.15, -0.1) is 11.8 Å². The molecule has 2 aliphatic heterocycles. The Bertz CT molecular complexity index is 1270. The highest BCUT2D eigenvalue weighted by atomic mass is 32.2. The number of hydrogen-bond acceptors (Lipinski definition) is 5.